The molecule has 0 aliphatic carbocycles. The van der Waals surface area contributed by atoms with Gasteiger partial charge in [0.1, 0.15) is 16.7 Å². The van der Waals surface area contributed by atoms with E-state index in [1.807, 2.05) is 0 Å². The van der Waals surface area contributed by atoms with E-state index >= 15 is 0 Å². The molecule has 1 amide bonds. The van der Waals surface area contributed by atoms with Crippen LogP contribution in [0.15, 0.2) is 70.5 Å². The van der Waals surface area contributed by atoms with Gasteiger partial charge in [0.05, 0.1) is 39.5 Å². The molecule has 3 aromatic rings. The Hall–Kier alpha value is -4.54. The first kappa shape index (κ1) is 39.7. The number of methoxy groups -OCH3 is 3. The Labute approximate surface area is 320 Å². The average Bonchev–Trinajstić information content (AvgIpc) is 3.63. The Morgan fingerprint density at radius 2 is 1.79 bits per heavy atom. The lowest BCUT2D eigenvalue weighted by Crippen LogP contribution is -2.53. The smallest absolute Gasteiger partial charge is 0.415 e. The third-order valence-corrected chi connectivity index (χ3v) is 10.9. The molecule has 2 bridgehead atoms. The lowest BCUT2D eigenvalue weighted by atomic mass is 9.85. The Kier molecular flexibility index (Phi) is 13.1. The van der Waals surface area contributed by atoms with Crippen LogP contribution in [0, 0.1) is 5.92 Å². The van der Waals surface area contributed by atoms with Crippen molar-refractivity contribution in [2.45, 2.75) is 38.0 Å². The van der Waals surface area contributed by atoms with Crippen LogP contribution >= 0.6 is 34.5 Å². The number of fused-ring (bicyclic) bond motifs is 3. The van der Waals surface area contributed by atoms with E-state index < -0.39 is 17.7 Å². The number of anilines is 1. The average molecular weight is 792 g/mol. The van der Waals surface area contributed by atoms with E-state index in [0.29, 0.717) is 45.7 Å². The van der Waals surface area contributed by atoms with Gasteiger partial charge in [0.25, 0.3) is 6.47 Å². The van der Waals surface area contributed by atoms with Gasteiger partial charge in [-0.2, -0.15) is 0 Å². The van der Waals surface area contributed by atoms with Crippen LogP contribution < -0.4 is 19.1 Å². The predicted molar refractivity (Wildman–Crippen MR) is 197 cm³/mol. The number of carbonyl (C=O) groups is 3. The maximum atomic E-state index is 14.0. The Morgan fingerprint density at radius 1 is 1.08 bits per heavy atom. The number of amides is 1. The van der Waals surface area contributed by atoms with Gasteiger partial charge in [-0.1, -0.05) is 29.3 Å². The molecule has 7 rings (SSSR count). The maximum Gasteiger partial charge on any atom is 0.415 e. The van der Waals surface area contributed by atoms with Crippen LogP contribution in [0.3, 0.4) is 0 Å². The fourth-order valence-corrected chi connectivity index (χ4v) is 8.39. The standard InChI is InChI=1S/C35H38Cl2N4O8S.CH2O2/c1-35(31-24(36)18-40(44)19-25(31)37,22-7-9-27(45-2)28(16-22)46-3)49-33(42)30-10-8-23(50-30)17-41(26-6-5-13-38-32(26)47-4)34(43)48-29-20-39-14-11-21(29)12-15-39;2-1-3/h5-10,13,16,18,21,29,44H,11-12,14-15,17,19-20H2,1-4H3;1H,(H,2,3)/t29-,35-;/m0./s1. The fraction of sp³-hybridized carbons (Fsp3) is 0.389. The molecule has 0 spiro atoms. The summed E-state index contributed by atoms with van der Waals surface area (Å²) in [6.07, 6.45) is 4.14. The maximum absolute atomic E-state index is 14.0. The number of pyridine rings is 1. The highest BCUT2D eigenvalue weighted by Gasteiger charge is 2.42. The van der Waals surface area contributed by atoms with Crippen LogP contribution in [0.25, 0.3) is 0 Å². The molecule has 17 heteroatoms. The molecule has 2 atom stereocenters. The SMILES string of the molecule is COc1ccc([C@](C)(OC(=O)c2ccc(CN(C(=O)O[C@H]3CN4CCC3CC4)c3cccnc3OC)s2)C2=C(Cl)CN(O)C=C2Cl)cc1OC.O=CO. The van der Waals surface area contributed by atoms with Crippen LogP contribution in [-0.2, 0) is 26.4 Å². The highest BCUT2D eigenvalue weighted by Crippen LogP contribution is 2.46. The summed E-state index contributed by atoms with van der Waals surface area (Å²) in [5, 5.41) is 18.1. The Balaban J connectivity index is 0.00000175. The van der Waals surface area contributed by atoms with Gasteiger partial charge in [-0.3, -0.25) is 24.9 Å². The van der Waals surface area contributed by atoms with Crippen molar-refractivity contribution in [2.24, 2.45) is 5.92 Å². The Morgan fingerprint density at radius 3 is 2.42 bits per heavy atom. The second kappa shape index (κ2) is 17.5. The highest BCUT2D eigenvalue weighted by atomic mass is 35.5. The summed E-state index contributed by atoms with van der Waals surface area (Å²) in [6.45, 7) is 4.18. The summed E-state index contributed by atoms with van der Waals surface area (Å²) in [4.78, 5) is 45.2. The third kappa shape index (κ3) is 8.82. The molecular formula is C36H40Cl2N4O10S. The number of hydrogen-bond acceptors (Lipinski definition) is 13. The van der Waals surface area contributed by atoms with Crippen LogP contribution in [-0.4, -0.2) is 97.4 Å². The van der Waals surface area contributed by atoms with Crippen molar-refractivity contribution in [1.29, 1.82) is 0 Å². The van der Waals surface area contributed by atoms with E-state index in [-0.39, 0.29) is 46.5 Å². The van der Waals surface area contributed by atoms with E-state index in [1.165, 1.54) is 43.8 Å². The summed E-state index contributed by atoms with van der Waals surface area (Å²) in [5.41, 5.74) is -0.287. The molecule has 0 unspecified atom stereocenters. The lowest BCUT2D eigenvalue weighted by Gasteiger charge is -2.44. The monoisotopic (exact) mass is 790 g/mol. The van der Waals surface area contributed by atoms with Gasteiger partial charge in [0.15, 0.2) is 17.1 Å². The van der Waals surface area contributed by atoms with E-state index in [9.17, 15) is 14.8 Å². The van der Waals surface area contributed by atoms with Crippen molar-refractivity contribution >= 4 is 58.8 Å². The molecule has 0 saturated carbocycles. The molecule has 2 N–H and O–H groups in total. The first-order valence-electron chi connectivity index (χ1n) is 16.5. The van der Waals surface area contributed by atoms with Crippen molar-refractivity contribution in [1.82, 2.24) is 14.9 Å². The molecule has 4 aliphatic heterocycles. The number of benzene rings is 1. The lowest BCUT2D eigenvalue weighted by molar-refractivity contribution is -0.122. The van der Waals surface area contributed by atoms with Crippen LogP contribution in [0.4, 0.5) is 10.5 Å². The molecule has 3 fully saturated rings. The van der Waals surface area contributed by atoms with Crippen molar-refractivity contribution in [2.75, 3.05) is 52.4 Å². The number of aromatic nitrogens is 1. The molecular weight excluding hydrogens is 751 g/mol. The molecule has 1 aromatic carbocycles. The largest absolute Gasteiger partial charge is 0.493 e. The van der Waals surface area contributed by atoms with Gasteiger partial charge in [-0.25, -0.2) is 14.6 Å². The number of nitrogens with zero attached hydrogens (tertiary/aromatic N) is 4. The summed E-state index contributed by atoms with van der Waals surface area (Å²) in [5.74, 6) is 0.803. The zero-order valence-electron chi connectivity index (χ0n) is 29.5. The molecule has 3 saturated heterocycles. The van der Waals surface area contributed by atoms with E-state index in [4.69, 9.17) is 56.8 Å². The minimum atomic E-state index is -1.53. The fourth-order valence-electron chi connectivity index (χ4n) is 6.66. The van der Waals surface area contributed by atoms with Crippen molar-refractivity contribution in [3.8, 4) is 17.4 Å². The van der Waals surface area contributed by atoms with Gasteiger partial charge in [0.2, 0.25) is 5.88 Å². The van der Waals surface area contributed by atoms with E-state index in [0.717, 1.165) is 31.0 Å². The van der Waals surface area contributed by atoms with Gasteiger partial charge in [0, 0.05) is 40.0 Å². The number of carboxylic acid groups (broad SMARTS) is 1. The number of carbonyl (C=O) groups excluding carboxylic acids is 2. The van der Waals surface area contributed by atoms with Gasteiger partial charge < -0.3 is 28.8 Å². The first-order chi connectivity index (χ1) is 25.5. The van der Waals surface area contributed by atoms with Crippen LogP contribution in [0.5, 0.6) is 17.4 Å². The van der Waals surface area contributed by atoms with Crippen molar-refractivity contribution in [3.05, 3.63) is 85.8 Å². The van der Waals surface area contributed by atoms with E-state index in [1.54, 1.807) is 55.6 Å². The number of hydroxylamine groups is 2. The number of halogens is 2. The zero-order valence-corrected chi connectivity index (χ0v) is 31.8. The number of thiophene rings is 1. The molecule has 6 heterocycles. The molecule has 0 radical (unpaired) electrons. The van der Waals surface area contributed by atoms with Crippen LogP contribution in [0.2, 0.25) is 0 Å². The molecule has 2 aromatic heterocycles. The second-order valence-electron chi connectivity index (χ2n) is 12.4. The summed E-state index contributed by atoms with van der Waals surface area (Å²) >= 11 is 14.5. The second-order valence-corrected chi connectivity index (χ2v) is 14.4. The van der Waals surface area contributed by atoms with Gasteiger partial charge >= 0.3 is 12.1 Å². The van der Waals surface area contributed by atoms with E-state index in [2.05, 4.69) is 9.88 Å². The summed E-state index contributed by atoms with van der Waals surface area (Å²) < 4.78 is 28.8. The first-order valence-corrected chi connectivity index (χ1v) is 18.1. The van der Waals surface area contributed by atoms with Gasteiger partial charge in [-0.15, -0.1) is 11.3 Å². The third-order valence-electron chi connectivity index (χ3n) is 9.26. The summed E-state index contributed by atoms with van der Waals surface area (Å²) in [6, 6.07) is 12.0. The highest BCUT2D eigenvalue weighted by molar-refractivity contribution is 7.14. The molecule has 284 valence electrons. The quantitative estimate of drug-likeness (QED) is 0.161. The minimum absolute atomic E-state index is 0.0694. The van der Waals surface area contributed by atoms with Gasteiger partial charge in [-0.05, 0) is 75.2 Å². The number of rotatable bonds is 11. The molecule has 4 aliphatic rings. The number of piperidine rings is 3. The number of esters is 1. The van der Waals surface area contributed by atoms with Crippen LogP contribution in [0.1, 0.15) is 39.9 Å². The molecule has 53 heavy (non-hydrogen) atoms. The van der Waals surface area contributed by atoms with Crippen molar-refractivity contribution < 1.29 is 48.4 Å². The minimum Gasteiger partial charge on any atom is -0.493 e. The molecule has 14 nitrogen and oxygen atoms in total. The normalized spacial score (nSPS) is 20.2. The summed E-state index contributed by atoms with van der Waals surface area (Å²) in [7, 11) is 4.51. The predicted octanol–water partition coefficient (Wildman–Crippen LogP) is 6.46. The Bertz CT molecular complexity index is 1860. The topological polar surface area (TPSA) is 160 Å². The number of ether oxygens (including phenoxy) is 5. The van der Waals surface area contributed by atoms with Crippen molar-refractivity contribution in [3.63, 3.8) is 0 Å². The number of hydrogen-bond donors (Lipinski definition) is 2. The zero-order chi connectivity index (χ0) is 38.3.